The maximum absolute atomic E-state index is 11.3. The van der Waals surface area contributed by atoms with Gasteiger partial charge in [0.2, 0.25) is 0 Å². The molecule has 0 aromatic carbocycles. The van der Waals surface area contributed by atoms with Crippen molar-refractivity contribution in [2.45, 2.75) is 18.6 Å². The van der Waals surface area contributed by atoms with Gasteiger partial charge in [0, 0.05) is 19.2 Å². The smallest absolute Gasteiger partial charge is 0.322 e. The van der Waals surface area contributed by atoms with Crippen molar-refractivity contribution in [3.05, 3.63) is 0 Å². The quantitative estimate of drug-likeness (QED) is 0.547. The number of aliphatic carboxylic acids is 1. The predicted octanol–water partition coefficient (Wildman–Crippen LogP) is -0.902. The number of β-amino-alcohol motifs (C(OH)–C–C–N with tert-alkyl or cyclic N) is 1. The fourth-order valence-electron chi connectivity index (χ4n) is 1.39. The Kier molecular flexibility index (Phi) is 2.60. The third kappa shape index (κ3) is 2.17. The van der Waals surface area contributed by atoms with Crippen molar-refractivity contribution in [2.24, 2.45) is 0 Å². The lowest BCUT2D eigenvalue weighted by molar-refractivity contribution is -0.140. The summed E-state index contributed by atoms with van der Waals surface area (Å²) in [5.41, 5.74) is 0. The van der Waals surface area contributed by atoms with Gasteiger partial charge in [0.25, 0.3) is 0 Å². The molecule has 7 heteroatoms. The number of carboxylic acids is 1. The Morgan fingerprint density at radius 2 is 2.23 bits per heavy atom. The number of rotatable bonds is 2. The lowest BCUT2D eigenvalue weighted by atomic mass is 10.2. The Labute approximate surface area is 76.3 Å². The molecule has 1 aliphatic heterocycles. The second kappa shape index (κ2) is 3.24. The third-order valence-electron chi connectivity index (χ3n) is 1.97. The molecule has 0 saturated carbocycles. The van der Waals surface area contributed by atoms with Gasteiger partial charge in [-0.3, -0.25) is 4.79 Å². The van der Waals surface area contributed by atoms with Crippen LogP contribution in [0.4, 0.5) is 0 Å². The molecule has 0 spiro atoms. The number of carbonyl (C=O) groups is 1. The van der Waals surface area contributed by atoms with Gasteiger partial charge in [-0.25, -0.2) is 13.3 Å². The Balaban J connectivity index is 2.91. The van der Waals surface area contributed by atoms with Crippen LogP contribution in [0.25, 0.3) is 0 Å². The van der Waals surface area contributed by atoms with E-state index in [0.29, 0.717) is 0 Å². The molecule has 1 aliphatic rings. The lowest BCUT2D eigenvalue weighted by Crippen LogP contribution is -2.39. The van der Waals surface area contributed by atoms with Gasteiger partial charge in [-0.1, -0.05) is 0 Å². The topological polar surface area (TPSA) is 102 Å². The maximum atomic E-state index is 11.3. The molecule has 13 heavy (non-hydrogen) atoms. The van der Waals surface area contributed by atoms with Crippen LogP contribution in [-0.2, 0) is 14.7 Å². The fourth-order valence-corrected chi connectivity index (χ4v) is 2.51. The van der Waals surface area contributed by atoms with Crippen molar-refractivity contribution in [1.29, 1.82) is 4.78 Å². The van der Waals surface area contributed by atoms with Crippen LogP contribution in [0, 0.1) is 4.78 Å². The molecule has 0 aromatic rings. The molecule has 3 atom stereocenters. The van der Waals surface area contributed by atoms with Crippen molar-refractivity contribution < 1.29 is 19.2 Å². The molecule has 0 aliphatic carbocycles. The highest BCUT2D eigenvalue weighted by atomic mass is 32.2. The predicted molar refractivity (Wildman–Crippen MR) is 45.5 cm³/mol. The normalized spacial score (nSPS) is 34.3. The summed E-state index contributed by atoms with van der Waals surface area (Å²) < 4.78 is 19.5. The molecule has 1 heterocycles. The van der Waals surface area contributed by atoms with Gasteiger partial charge in [-0.2, -0.15) is 0 Å². The van der Waals surface area contributed by atoms with Crippen LogP contribution >= 0.6 is 0 Å². The fraction of sp³-hybridized carbons (Fsp3) is 0.833. The van der Waals surface area contributed by atoms with Crippen molar-refractivity contribution in [1.82, 2.24) is 4.31 Å². The minimum atomic E-state index is -3.04. The summed E-state index contributed by atoms with van der Waals surface area (Å²) in [7, 11) is -3.04. The van der Waals surface area contributed by atoms with Gasteiger partial charge in [-0.05, 0) is 0 Å². The van der Waals surface area contributed by atoms with Crippen LogP contribution in [0.1, 0.15) is 6.42 Å². The number of carboxylic acid groups (broad SMARTS) is 1. The minimum Gasteiger partial charge on any atom is -0.480 e. The van der Waals surface area contributed by atoms with E-state index in [1.807, 2.05) is 0 Å². The molecular formula is C6H12N2O4S. The first kappa shape index (κ1) is 10.4. The van der Waals surface area contributed by atoms with E-state index in [0.717, 1.165) is 10.6 Å². The summed E-state index contributed by atoms with van der Waals surface area (Å²) in [6.45, 7) is -0.00417. The van der Waals surface area contributed by atoms with E-state index >= 15 is 0 Å². The van der Waals surface area contributed by atoms with Gasteiger partial charge in [0.1, 0.15) is 16.0 Å². The molecule has 1 fully saturated rings. The molecule has 6 nitrogen and oxygen atoms in total. The first-order valence-corrected chi connectivity index (χ1v) is 5.66. The Morgan fingerprint density at radius 3 is 2.54 bits per heavy atom. The van der Waals surface area contributed by atoms with Crippen LogP contribution in [0.2, 0.25) is 0 Å². The van der Waals surface area contributed by atoms with Crippen LogP contribution in [0.15, 0.2) is 0 Å². The average Bonchev–Trinajstić information content (AvgIpc) is 2.29. The molecular weight excluding hydrogens is 196 g/mol. The molecule has 0 bridgehead atoms. The lowest BCUT2D eigenvalue weighted by Gasteiger charge is -2.19. The summed E-state index contributed by atoms with van der Waals surface area (Å²) in [5, 5.41) is 17.9. The number of nitrogens with zero attached hydrogens (tertiary/aromatic N) is 1. The summed E-state index contributed by atoms with van der Waals surface area (Å²) in [5.74, 6) is -1.14. The number of aliphatic hydroxyl groups is 1. The molecule has 0 radical (unpaired) electrons. The highest BCUT2D eigenvalue weighted by Gasteiger charge is 2.39. The highest BCUT2D eigenvalue weighted by molar-refractivity contribution is 7.89. The average molecular weight is 208 g/mol. The van der Waals surface area contributed by atoms with Crippen LogP contribution < -0.4 is 0 Å². The molecule has 1 rings (SSSR count). The zero-order chi connectivity index (χ0) is 10.2. The second-order valence-corrected chi connectivity index (χ2v) is 5.22. The minimum absolute atomic E-state index is 0.00417. The van der Waals surface area contributed by atoms with Crippen LogP contribution in [-0.4, -0.2) is 49.6 Å². The Hall–Kier alpha value is -0.660. The molecule has 0 amide bonds. The van der Waals surface area contributed by atoms with Crippen molar-refractivity contribution in [3.8, 4) is 0 Å². The molecule has 76 valence electrons. The standard InChI is InChI=1S/C6H12N2O4S/c1-13(7,12)8-3-4(9)2-5(8)6(10)11/h4-5,7,9H,2-3H2,1H3,(H,10,11)/t4-,5-,13?/m1/s1. The summed E-state index contributed by atoms with van der Waals surface area (Å²) in [6, 6.07) is -0.995. The van der Waals surface area contributed by atoms with Crippen molar-refractivity contribution >= 4 is 15.9 Å². The van der Waals surface area contributed by atoms with Gasteiger partial charge in [0.15, 0.2) is 0 Å². The van der Waals surface area contributed by atoms with Crippen LogP contribution in [0.5, 0.6) is 0 Å². The van der Waals surface area contributed by atoms with E-state index in [2.05, 4.69) is 0 Å². The van der Waals surface area contributed by atoms with Crippen LogP contribution in [0.3, 0.4) is 0 Å². The number of hydrogen-bond acceptors (Lipinski definition) is 4. The zero-order valence-electron chi connectivity index (χ0n) is 7.14. The highest BCUT2D eigenvalue weighted by Crippen LogP contribution is 2.21. The van der Waals surface area contributed by atoms with Crippen molar-refractivity contribution in [3.63, 3.8) is 0 Å². The van der Waals surface area contributed by atoms with Gasteiger partial charge in [0.05, 0.1) is 6.10 Å². The number of hydrogen-bond donors (Lipinski definition) is 3. The van der Waals surface area contributed by atoms with Gasteiger partial charge in [-0.15, -0.1) is 0 Å². The first-order valence-electron chi connectivity index (χ1n) is 3.74. The maximum Gasteiger partial charge on any atom is 0.322 e. The summed E-state index contributed by atoms with van der Waals surface area (Å²) in [4.78, 5) is 10.6. The van der Waals surface area contributed by atoms with E-state index in [4.69, 9.17) is 15.0 Å². The first-order chi connectivity index (χ1) is 5.82. The number of nitrogens with one attached hydrogen (secondary N) is 1. The van der Waals surface area contributed by atoms with E-state index < -0.39 is 28.0 Å². The largest absolute Gasteiger partial charge is 0.480 e. The molecule has 3 N–H and O–H groups in total. The Morgan fingerprint density at radius 1 is 1.69 bits per heavy atom. The molecule has 0 aromatic heterocycles. The van der Waals surface area contributed by atoms with E-state index in [1.165, 1.54) is 0 Å². The van der Waals surface area contributed by atoms with Gasteiger partial charge < -0.3 is 10.2 Å². The SMILES string of the molecule is CS(=N)(=O)N1C[C@H](O)C[C@@H]1C(=O)O. The monoisotopic (exact) mass is 208 g/mol. The zero-order valence-corrected chi connectivity index (χ0v) is 7.95. The third-order valence-corrected chi connectivity index (χ3v) is 3.26. The number of aliphatic hydroxyl groups excluding tert-OH is 1. The molecule has 1 unspecified atom stereocenters. The Bertz CT molecular complexity index is 313. The second-order valence-electron chi connectivity index (χ2n) is 3.15. The van der Waals surface area contributed by atoms with Gasteiger partial charge >= 0.3 is 5.97 Å². The van der Waals surface area contributed by atoms with E-state index in [1.54, 1.807) is 0 Å². The van der Waals surface area contributed by atoms with E-state index in [9.17, 15) is 9.00 Å². The molecule has 1 saturated heterocycles. The summed E-state index contributed by atoms with van der Waals surface area (Å²) >= 11 is 0. The summed E-state index contributed by atoms with van der Waals surface area (Å²) in [6.07, 6.45) is 0.396. The van der Waals surface area contributed by atoms with E-state index in [-0.39, 0.29) is 13.0 Å². The van der Waals surface area contributed by atoms with Crippen molar-refractivity contribution in [2.75, 3.05) is 12.8 Å².